The van der Waals surface area contributed by atoms with Crippen LogP contribution in [0.1, 0.15) is 32.3 Å². The molecule has 1 saturated heterocycles. The number of carbonyl (C=O) groups excluding carboxylic acids is 1. The van der Waals surface area contributed by atoms with Gasteiger partial charge in [0.05, 0.1) is 18.2 Å². The maximum Gasteiger partial charge on any atom is 0.315 e. The fraction of sp³-hybridized carbons (Fsp3) is 0.562. The molecule has 3 rings (SSSR count). The minimum atomic E-state index is -0.238. The van der Waals surface area contributed by atoms with E-state index in [9.17, 15) is 4.79 Å². The van der Waals surface area contributed by atoms with Gasteiger partial charge in [-0.2, -0.15) is 0 Å². The second-order valence-electron chi connectivity index (χ2n) is 6.49. The smallest absolute Gasteiger partial charge is 0.315 e. The largest absolute Gasteiger partial charge is 0.379 e. The number of urea groups is 1. The maximum atomic E-state index is 12.2. The molecule has 1 heterocycles. The van der Waals surface area contributed by atoms with Crippen molar-refractivity contribution in [3.8, 4) is 0 Å². The number of amides is 2. The highest BCUT2D eigenvalue weighted by atomic mass is 16.5. The van der Waals surface area contributed by atoms with Crippen molar-refractivity contribution in [3.63, 3.8) is 0 Å². The second kappa shape index (κ2) is 4.77. The number of rotatable bonds is 3. The monoisotopic (exact) mass is 274 g/mol. The van der Waals surface area contributed by atoms with E-state index >= 15 is 0 Å². The summed E-state index contributed by atoms with van der Waals surface area (Å²) in [7, 11) is 0. The maximum absolute atomic E-state index is 12.2. The van der Waals surface area contributed by atoms with Gasteiger partial charge in [-0.3, -0.25) is 0 Å². The molecule has 1 aromatic carbocycles. The van der Waals surface area contributed by atoms with Gasteiger partial charge in [0.25, 0.3) is 0 Å². The van der Waals surface area contributed by atoms with Crippen LogP contribution in [-0.2, 0) is 10.3 Å². The van der Waals surface area contributed by atoms with E-state index < -0.39 is 0 Å². The molecule has 0 spiro atoms. The predicted octanol–water partition coefficient (Wildman–Crippen LogP) is 2.40. The SMILES string of the molecule is CC1(C)CC1(NC(=O)N[C@@H]1CCOC1)c1ccccc1. The molecule has 2 fully saturated rings. The molecule has 1 aromatic rings. The van der Waals surface area contributed by atoms with Crippen molar-refractivity contribution in [2.75, 3.05) is 13.2 Å². The van der Waals surface area contributed by atoms with Gasteiger partial charge in [-0.15, -0.1) is 0 Å². The molecular weight excluding hydrogens is 252 g/mol. The van der Waals surface area contributed by atoms with Crippen molar-refractivity contribution in [1.29, 1.82) is 0 Å². The first-order chi connectivity index (χ1) is 9.53. The van der Waals surface area contributed by atoms with Crippen molar-refractivity contribution in [2.45, 2.75) is 38.3 Å². The number of hydrogen-bond acceptors (Lipinski definition) is 2. The Kier molecular flexibility index (Phi) is 3.21. The zero-order valence-corrected chi connectivity index (χ0v) is 12.1. The van der Waals surface area contributed by atoms with Crippen LogP contribution in [-0.4, -0.2) is 25.3 Å². The highest BCUT2D eigenvalue weighted by Gasteiger charge is 2.63. The van der Waals surface area contributed by atoms with Crippen LogP contribution in [0.15, 0.2) is 30.3 Å². The molecular formula is C16H22N2O2. The Bertz CT molecular complexity index is 494. The van der Waals surface area contributed by atoms with Crippen LogP contribution < -0.4 is 10.6 Å². The Labute approximate surface area is 119 Å². The van der Waals surface area contributed by atoms with Gasteiger partial charge in [-0.05, 0) is 23.8 Å². The zero-order valence-electron chi connectivity index (χ0n) is 12.1. The first kappa shape index (κ1) is 13.4. The lowest BCUT2D eigenvalue weighted by Gasteiger charge is -2.24. The number of ether oxygens (including phenoxy) is 1. The number of hydrogen-bond donors (Lipinski definition) is 2. The first-order valence-corrected chi connectivity index (χ1v) is 7.25. The van der Waals surface area contributed by atoms with Crippen LogP contribution in [0.2, 0.25) is 0 Å². The topological polar surface area (TPSA) is 50.4 Å². The van der Waals surface area contributed by atoms with Crippen LogP contribution in [0.3, 0.4) is 0 Å². The van der Waals surface area contributed by atoms with E-state index in [-0.39, 0.29) is 23.0 Å². The van der Waals surface area contributed by atoms with Gasteiger partial charge in [0.15, 0.2) is 0 Å². The van der Waals surface area contributed by atoms with Crippen LogP contribution in [0, 0.1) is 5.41 Å². The third-order valence-corrected chi connectivity index (χ3v) is 4.60. The summed E-state index contributed by atoms with van der Waals surface area (Å²) in [6.45, 7) is 5.74. The molecule has 0 bridgehead atoms. The fourth-order valence-electron chi connectivity index (χ4n) is 3.18. The Morgan fingerprint density at radius 3 is 2.55 bits per heavy atom. The first-order valence-electron chi connectivity index (χ1n) is 7.25. The average Bonchev–Trinajstić information content (AvgIpc) is 2.79. The lowest BCUT2D eigenvalue weighted by Crippen LogP contribution is -2.48. The van der Waals surface area contributed by atoms with Gasteiger partial charge in [-0.1, -0.05) is 44.2 Å². The molecule has 4 nitrogen and oxygen atoms in total. The molecule has 1 aliphatic carbocycles. The Balaban J connectivity index is 1.71. The molecule has 2 aliphatic rings. The minimum absolute atomic E-state index is 0.0880. The molecule has 4 heteroatoms. The fourth-order valence-corrected chi connectivity index (χ4v) is 3.18. The van der Waals surface area contributed by atoms with Gasteiger partial charge >= 0.3 is 6.03 Å². The van der Waals surface area contributed by atoms with Crippen molar-refractivity contribution in [3.05, 3.63) is 35.9 Å². The van der Waals surface area contributed by atoms with Gasteiger partial charge in [0, 0.05) is 6.61 Å². The molecule has 2 N–H and O–H groups in total. The highest BCUT2D eigenvalue weighted by Crippen LogP contribution is 2.62. The van der Waals surface area contributed by atoms with E-state index in [0.717, 1.165) is 19.4 Å². The lowest BCUT2D eigenvalue weighted by atomic mass is 9.96. The molecule has 0 aromatic heterocycles. The quantitative estimate of drug-likeness (QED) is 0.889. The molecule has 0 radical (unpaired) electrons. The molecule has 20 heavy (non-hydrogen) atoms. The van der Waals surface area contributed by atoms with Crippen LogP contribution in [0.25, 0.3) is 0 Å². The highest BCUT2D eigenvalue weighted by molar-refractivity contribution is 5.76. The number of benzene rings is 1. The van der Waals surface area contributed by atoms with E-state index in [0.29, 0.717) is 6.61 Å². The molecule has 2 atom stereocenters. The summed E-state index contributed by atoms with van der Waals surface area (Å²) >= 11 is 0. The van der Waals surface area contributed by atoms with E-state index in [4.69, 9.17) is 4.74 Å². The predicted molar refractivity (Wildman–Crippen MR) is 77.4 cm³/mol. The van der Waals surface area contributed by atoms with Crippen molar-refractivity contribution in [2.24, 2.45) is 5.41 Å². The van der Waals surface area contributed by atoms with Gasteiger partial charge in [-0.25, -0.2) is 4.79 Å². The van der Waals surface area contributed by atoms with Gasteiger partial charge in [0.2, 0.25) is 0 Å². The summed E-state index contributed by atoms with van der Waals surface area (Å²) in [4.78, 5) is 12.2. The van der Waals surface area contributed by atoms with Crippen LogP contribution in [0.4, 0.5) is 4.79 Å². The summed E-state index contributed by atoms with van der Waals surface area (Å²) in [6.07, 6.45) is 1.87. The standard InChI is InChI=1S/C16H22N2O2/c1-15(2)11-16(15,12-6-4-3-5-7-12)18-14(19)17-13-8-9-20-10-13/h3-7,13H,8-11H2,1-2H3,(H2,17,18,19)/t13-,16?/m1/s1. The zero-order chi connectivity index (χ0) is 14.2. The molecule has 108 valence electrons. The van der Waals surface area contributed by atoms with Gasteiger partial charge in [0.1, 0.15) is 0 Å². The molecule has 1 aliphatic heterocycles. The van der Waals surface area contributed by atoms with E-state index in [2.05, 4.69) is 36.6 Å². The summed E-state index contributed by atoms with van der Waals surface area (Å²) < 4.78 is 5.29. The second-order valence-corrected chi connectivity index (χ2v) is 6.49. The Morgan fingerprint density at radius 2 is 2.00 bits per heavy atom. The number of nitrogens with one attached hydrogen (secondary N) is 2. The Morgan fingerprint density at radius 1 is 1.30 bits per heavy atom. The van der Waals surface area contributed by atoms with Crippen molar-refractivity contribution < 1.29 is 9.53 Å². The third-order valence-electron chi connectivity index (χ3n) is 4.60. The van der Waals surface area contributed by atoms with Crippen LogP contribution >= 0.6 is 0 Å². The van der Waals surface area contributed by atoms with Crippen LogP contribution in [0.5, 0.6) is 0 Å². The summed E-state index contributed by atoms with van der Waals surface area (Å²) in [6, 6.07) is 10.3. The Hall–Kier alpha value is -1.55. The van der Waals surface area contributed by atoms with E-state index in [1.165, 1.54) is 5.56 Å². The molecule has 1 unspecified atom stereocenters. The van der Waals surface area contributed by atoms with Crippen molar-refractivity contribution in [1.82, 2.24) is 10.6 Å². The lowest BCUT2D eigenvalue weighted by molar-refractivity contribution is 0.187. The van der Waals surface area contributed by atoms with E-state index in [1.807, 2.05) is 18.2 Å². The summed E-state index contributed by atoms with van der Waals surface area (Å²) in [5, 5.41) is 6.20. The van der Waals surface area contributed by atoms with Crippen molar-refractivity contribution >= 4 is 6.03 Å². The molecule has 2 amide bonds. The minimum Gasteiger partial charge on any atom is -0.379 e. The normalized spacial score (nSPS) is 30.8. The number of carbonyl (C=O) groups is 1. The molecule has 1 saturated carbocycles. The third kappa shape index (κ3) is 2.29. The van der Waals surface area contributed by atoms with E-state index in [1.54, 1.807) is 0 Å². The summed E-state index contributed by atoms with van der Waals surface area (Å²) in [5.74, 6) is 0. The summed E-state index contributed by atoms with van der Waals surface area (Å²) in [5.41, 5.74) is 1.04. The average molecular weight is 274 g/mol. The van der Waals surface area contributed by atoms with Gasteiger partial charge < -0.3 is 15.4 Å².